The lowest BCUT2D eigenvalue weighted by Gasteiger charge is -1.97. The maximum Gasteiger partial charge on any atom is 0.115 e. The molecule has 0 radical (unpaired) electrons. The Morgan fingerprint density at radius 3 is 2.25 bits per heavy atom. The summed E-state index contributed by atoms with van der Waals surface area (Å²) >= 11 is 1.75. The van der Waals surface area contributed by atoms with Gasteiger partial charge in [-0.1, -0.05) is 17.7 Å². The summed E-state index contributed by atoms with van der Waals surface area (Å²) < 4.78 is 4.95. The van der Waals surface area contributed by atoms with Gasteiger partial charge in [0, 0.05) is 5.75 Å². The van der Waals surface area contributed by atoms with E-state index in [1.807, 2.05) is 25.3 Å². The SMILES string of the molecule is CSCCOCCO.Cc1ccc(O)cc1. The number of aliphatic hydroxyl groups excluding tert-OH is 1. The van der Waals surface area contributed by atoms with E-state index in [1.54, 1.807) is 23.9 Å². The number of ether oxygens (including phenoxy) is 1. The second-order valence-corrected chi connectivity index (χ2v) is 4.15. The molecular weight excluding hydrogens is 224 g/mol. The van der Waals surface area contributed by atoms with Crippen LogP contribution in [0.4, 0.5) is 0 Å². The summed E-state index contributed by atoms with van der Waals surface area (Å²) in [6.07, 6.45) is 2.03. The van der Waals surface area contributed by atoms with Crippen molar-refractivity contribution >= 4 is 11.8 Å². The van der Waals surface area contributed by atoms with Gasteiger partial charge in [-0.15, -0.1) is 0 Å². The molecule has 4 heteroatoms. The molecule has 0 aliphatic rings. The number of phenols is 1. The van der Waals surface area contributed by atoms with E-state index in [2.05, 4.69) is 0 Å². The van der Waals surface area contributed by atoms with E-state index >= 15 is 0 Å². The van der Waals surface area contributed by atoms with Gasteiger partial charge in [-0.25, -0.2) is 0 Å². The number of aliphatic hydroxyl groups is 1. The summed E-state index contributed by atoms with van der Waals surface area (Å²) in [6.45, 7) is 3.34. The van der Waals surface area contributed by atoms with Crippen molar-refractivity contribution in [3.8, 4) is 5.75 Å². The zero-order valence-corrected chi connectivity index (χ0v) is 10.7. The molecule has 0 bridgehead atoms. The van der Waals surface area contributed by atoms with Gasteiger partial charge < -0.3 is 14.9 Å². The molecule has 0 unspecified atom stereocenters. The van der Waals surface area contributed by atoms with Crippen LogP contribution >= 0.6 is 11.8 Å². The Morgan fingerprint density at radius 1 is 1.19 bits per heavy atom. The molecule has 1 aromatic carbocycles. The minimum Gasteiger partial charge on any atom is -0.508 e. The van der Waals surface area contributed by atoms with E-state index in [-0.39, 0.29) is 6.61 Å². The largest absolute Gasteiger partial charge is 0.508 e. The molecule has 16 heavy (non-hydrogen) atoms. The van der Waals surface area contributed by atoms with Gasteiger partial charge in [-0.3, -0.25) is 0 Å². The van der Waals surface area contributed by atoms with Crippen LogP contribution in [0, 0.1) is 6.92 Å². The Hall–Kier alpha value is -0.710. The predicted octanol–water partition coefficient (Wildman–Crippen LogP) is 2.06. The zero-order chi connectivity index (χ0) is 12.2. The summed E-state index contributed by atoms with van der Waals surface area (Å²) in [6, 6.07) is 7.09. The van der Waals surface area contributed by atoms with Gasteiger partial charge in [0.2, 0.25) is 0 Å². The number of phenolic OH excluding ortho intramolecular Hbond substituents is 1. The molecule has 0 aliphatic heterocycles. The first-order valence-corrected chi connectivity index (χ1v) is 6.53. The molecule has 0 heterocycles. The van der Waals surface area contributed by atoms with Gasteiger partial charge in [0.15, 0.2) is 0 Å². The molecule has 1 rings (SSSR count). The first-order chi connectivity index (χ1) is 7.70. The summed E-state index contributed by atoms with van der Waals surface area (Å²) in [4.78, 5) is 0. The second-order valence-electron chi connectivity index (χ2n) is 3.16. The maximum absolute atomic E-state index is 8.76. The Labute approximate surface area is 101 Å². The van der Waals surface area contributed by atoms with Gasteiger partial charge in [0.1, 0.15) is 5.75 Å². The van der Waals surface area contributed by atoms with Crippen LogP contribution in [-0.4, -0.2) is 42.0 Å². The Kier molecular flexibility index (Phi) is 10.3. The number of hydrogen-bond acceptors (Lipinski definition) is 4. The molecule has 0 fully saturated rings. The summed E-state index contributed by atoms with van der Waals surface area (Å²) in [5.41, 5.74) is 1.17. The van der Waals surface area contributed by atoms with Crippen molar-refractivity contribution in [2.75, 3.05) is 31.8 Å². The van der Waals surface area contributed by atoms with Crippen molar-refractivity contribution in [1.82, 2.24) is 0 Å². The van der Waals surface area contributed by atoms with Crippen molar-refractivity contribution in [1.29, 1.82) is 0 Å². The van der Waals surface area contributed by atoms with Crippen LogP contribution in [0.2, 0.25) is 0 Å². The summed E-state index contributed by atoms with van der Waals surface area (Å²) in [5.74, 6) is 1.34. The number of thioether (sulfide) groups is 1. The molecular formula is C12H20O3S. The molecule has 0 aromatic heterocycles. The highest BCUT2D eigenvalue weighted by Gasteiger charge is 1.83. The van der Waals surface area contributed by atoms with Crippen LogP contribution in [0.3, 0.4) is 0 Å². The minimum absolute atomic E-state index is 0.133. The summed E-state index contributed by atoms with van der Waals surface area (Å²) in [5, 5.41) is 17.0. The third-order valence-electron chi connectivity index (χ3n) is 1.70. The number of hydrogen-bond donors (Lipinski definition) is 2. The van der Waals surface area contributed by atoms with Gasteiger partial charge in [0.25, 0.3) is 0 Å². The average molecular weight is 244 g/mol. The first kappa shape index (κ1) is 15.3. The zero-order valence-electron chi connectivity index (χ0n) is 9.85. The highest BCUT2D eigenvalue weighted by molar-refractivity contribution is 7.98. The van der Waals surface area contributed by atoms with Gasteiger partial charge >= 0.3 is 0 Å². The van der Waals surface area contributed by atoms with Crippen molar-refractivity contribution in [2.24, 2.45) is 0 Å². The van der Waals surface area contributed by atoms with E-state index in [9.17, 15) is 0 Å². The first-order valence-electron chi connectivity index (χ1n) is 5.14. The fourth-order valence-corrected chi connectivity index (χ4v) is 1.14. The standard InChI is InChI=1S/C7H8O.C5H12O2S/c1-6-2-4-7(8)5-3-6;1-8-5-4-7-3-2-6/h2-5,8H,1H3;6H,2-5H2,1H3. The van der Waals surface area contributed by atoms with Crippen LogP contribution in [-0.2, 0) is 4.74 Å². The lowest BCUT2D eigenvalue weighted by Crippen LogP contribution is -2.01. The van der Waals surface area contributed by atoms with E-state index in [0.29, 0.717) is 12.4 Å². The van der Waals surface area contributed by atoms with Gasteiger partial charge in [-0.05, 0) is 25.3 Å². The Morgan fingerprint density at radius 2 is 1.81 bits per heavy atom. The number of benzene rings is 1. The smallest absolute Gasteiger partial charge is 0.115 e. The van der Waals surface area contributed by atoms with Crippen LogP contribution in [0.15, 0.2) is 24.3 Å². The molecule has 2 N–H and O–H groups in total. The minimum atomic E-state index is 0.133. The number of aryl methyl sites for hydroxylation is 1. The van der Waals surface area contributed by atoms with Gasteiger partial charge in [-0.2, -0.15) is 11.8 Å². The molecule has 0 aliphatic carbocycles. The second kappa shape index (κ2) is 10.8. The van der Waals surface area contributed by atoms with Crippen LogP contribution in [0.5, 0.6) is 5.75 Å². The quantitative estimate of drug-likeness (QED) is 0.778. The Bertz CT molecular complexity index is 222. The predicted molar refractivity (Wildman–Crippen MR) is 69.1 cm³/mol. The molecule has 0 atom stereocenters. The molecule has 3 nitrogen and oxygen atoms in total. The Balaban J connectivity index is 0.000000281. The normalized spacial score (nSPS) is 9.44. The third kappa shape index (κ3) is 9.83. The summed E-state index contributed by atoms with van der Waals surface area (Å²) in [7, 11) is 0. The monoisotopic (exact) mass is 244 g/mol. The topological polar surface area (TPSA) is 49.7 Å². The van der Waals surface area contributed by atoms with Crippen LogP contribution in [0.1, 0.15) is 5.56 Å². The molecule has 0 saturated heterocycles. The third-order valence-corrected chi connectivity index (χ3v) is 2.28. The van der Waals surface area contributed by atoms with Gasteiger partial charge in [0.05, 0.1) is 19.8 Å². The fraction of sp³-hybridized carbons (Fsp3) is 0.500. The maximum atomic E-state index is 8.76. The lowest BCUT2D eigenvalue weighted by molar-refractivity contribution is 0.103. The van der Waals surface area contributed by atoms with Crippen molar-refractivity contribution in [2.45, 2.75) is 6.92 Å². The highest BCUT2D eigenvalue weighted by atomic mass is 32.2. The fourth-order valence-electron chi connectivity index (χ4n) is 0.854. The molecule has 1 aromatic rings. The molecule has 0 saturated carbocycles. The van der Waals surface area contributed by atoms with E-state index in [1.165, 1.54) is 5.56 Å². The number of rotatable bonds is 5. The van der Waals surface area contributed by atoms with E-state index in [4.69, 9.17) is 14.9 Å². The average Bonchev–Trinajstić information content (AvgIpc) is 2.30. The van der Waals surface area contributed by atoms with Crippen molar-refractivity contribution < 1.29 is 14.9 Å². The van der Waals surface area contributed by atoms with E-state index < -0.39 is 0 Å². The highest BCUT2D eigenvalue weighted by Crippen LogP contribution is 2.07. The van der Waals surface area contributed by atoms with Crippen molar-refractivity contribution in [3.05, 3.63) is 29.8 Å². The molecule has 92 valence electrons. The van der Waals surface area contributed by atoms with E-state index in [0.717, 1.165) is 12.4 Å². The molecule has 0 amide bonds. The van der Waals surface area contributed by atoms with Crippen LogP contribution in [0.25, 0.3) is 0 Å². The lowest BCUT2D eigenvalue weighted by atomic mass is 10.2. The molecule has 0 spiro atoms. The van der Waals surface area contributed by atoms with Crippen LogP contribution < -0.4 is 0 Å². The van der Waals surface area contributed by atoms with Crippen molar-refractivity contribution in [3.63, 3.8) is 0 Å². The number of aromatic hydroxyl groups is 1.